The molecule has 1 unspecified atom stereocenters. The Morgan fingerprint density at radius 1 is 1.56 bits per heavy atom. The molecule has 4 heteroatoms. The van der Waals surface area contributed by atoms with Crippen LogP contribution in [0.1, 0.15) is 18.9 Å². The average Bonchev–Trinajstić information content (AvgIpc) is 2.27. The van der Waals surface area contributed by atoms with Crippen molar-refractivity contribution >= 4 is 5.97 Å². The van der Waals surface area contributed by atoms with Crippen molar-refractivity contribution in [2.45, 2.75) is 19.8 Å². The molecular weight excluding hydrogens is 211 g/mol. The van der Waals surface area contributed by atoms with Gasteiger partial charge < -0.3 is 9.84 Å². The highest BCUT2D eigenvalue weighted by atomic mass is 19.1. The fraction of sp³-hybridized carbons (Fsp3) is 0.417. The summed E-state index contributed by atoms with van der Waals surface area (Å²) in [4.78, 5) is 10.6. The van der Waals surface area contributed by atoms with E-state index in [9.17, 15) is 9.18 Å². The van der Waals surface area contributed by atoms with Gasteiger partial charge in [0, 0.05) is 0 Å². The molecule has 0 heterocycles. The van der Waals surface area contributed by atoms with Crippen LogP contribution >= 0.6 is 0 Å². The Labute approximate surface area is 93.9 Å². The molecule has 0 aliphatic heterocycles. The number of ether oxygens (including phenoxy) is 1. The summed E-state index contributed by atoms with van der Waals surface area (Å²) in [6.07, 6.45) is 1.13. The molecule has 1 rings (SSSR count). The molecule has 0 amide bonds. The number of halogens is 1. The van der Waals surface area contributed by atoms with Gasteiger partial charge in [-0.2, -0.15) is 0 Å². The Kier molecular flexibility index (Phi) is 4.28. The Bertz CT molecular complexity index is 377. The van der Waals surface area contributed by atoms with Gasteiger partial charge in [0.25, 0.3) is 0 Å². The van der Waals surface area contributed by atoms with E-state index in [1.807, 2.05) is 0 Å². The standard InChI is InChI=1S/C12H15FO3/c1-8(12(14)15)3-4-9-5-6-10(13)11(7-9)16-2/h5-8H,3-4H2,1-2H3,(H,14,15). The molecule has 0 aromatic heterocycles. The lowest BCUT2D eigenvalue weighted by atomic mass is 10.0. The second-order valence-corrected chi connectivity index (χ2v) is 3.75. The Balaban J connectivity index is 2.64. The molecule has 1 aromatic rings. The molecule has 0 spiro atoms. The summed E-state index contributed by atoms with van der Waals surface area (Å²) < 4.78 is 17.9. The smallest absolute Gasteiger partial charge is 0.306 e. The predicted octanol–water partition coefficient (Wildman–Crippen LogP) is 2.49. The van der Waals surface area contributed by atoms with Crippen molar-refractivity contribution in [3.05, 3.63) is 29.6 Å². The number of carbonyl (C=O) groups is 1. The minimum Gasteiger partial charge on any atom is -0.494 e. The minimum atomic E-state index is -0.811. The summed E-state index contributed by atoms with van der Waals surface area (Å²) in [7, 11) is 1.40. The first-order valence-electron chi connectivity index (χ1n) is 5.09. The van der Waals surface area contributed by atoms with Crippen molar-refractivity contribution in [1.82, 2.24) is 0 Å². The van der Waals surface area contributed by atoms with Gasteiger partial charge in [0.2, 0.25) is 0 Å². The van der Waals surface area contributed by atoms with Crippen LogP contribution in [0.25, 0.3) is 0 Å². The van der Waals surface area contributed by atoms with Gasteiger partial charge in [-0.05, 0) is 30.5 Å². The van der Waals surface area contributed by atoms with Crippen LogP contribution in [0.5, 0.6) is 5.75 Å². The first-order valence-corrected chi connectivity index (χ1v) is 5.09. The van der Waals surface area contributed by atoms with Crippen molar-refractivity contribution in [2.75, 3.05) is 7.11 Å². The lowest BCUT2D eigenvalue weighted by Gasteiger charge is -2.08. The molecule has 0 fully saturated rings. The van der Waals surface area contributed by atoms with Crippen LogP contribution in [0.15, 0.2) is 18.2 Å². The Hall–Kier alpha value is -1.58. The van der Waals surface area contributed by atoms with Gasteiger partial charge in [0.15, 0.2) is 11.6 Å². The number of aliphatic carboxylic acids is 1. The van der Waals surface area contributed by atoms with Gasteiger partial charge in [-0.15, -0.1) is 0 Å². The number of carboxylic acid groups (broad SMARTS) is 1. The van der Waals surface area contributed by atoms with Crippen molar-refractivity contribution in [1.29, 1.82) is 0 Å². The van der Waals surface area contributed by atoms with E-state index < -0.39 is 17.7 Å². The van der Waals surface area contributed by atoms with Crippen LogP contribution < -0.4 is 4.74 Å². The first kappa shape index (κ1) is 12.5. The zero-order chi connectivity index (χ0) is 12.1. The molecular formula is C12H15FO3. The fourth-order valence-corrected chi connectivity index (χ4v) is 1.37. The molecule has 0 aliphatic carbocycles. The summed E-state index contributed by atoms with van der Waals surface area (Å²) in [5.74, 6) is -1.41. The van der Waals surface area contributed by atoms with Crippen molar-refractivity contribution in [3.8, 4) is 5.75 Å². The molecule has 0 aliphatic rings. The molecule has 16 heavy (non-hydrogen) atoms. The number of hydrogen-bond acceptors (Lipinski definition) is 2. The van der Waals surface area contributed by atoms with Crippen molar-refractivity contribution < 1.29 is 19.0 Å². The van der Waals surface area contributed by atoms with Gasteiger partial charge in [0.05, 0.1) is 13.0 Å². The molecule has 0 bridgehead atoms. The van der Waals surface area contributed by atoms with Crippen LogP contribution in [0, 0.1) is 11.7 Å². The van der Waals surface area contributed by atoms with Gasteiger partial charge in [-0.25, -0.2) is 4.39 Å². The maximum Gasteiger partial charge on any atom is 0.306 e. The summed E-state index contributed by atoms with van der Waals surface area (Å²) in [6, 6.07) is 4.58. The number of methoxy groups -OCH3 is 1. The lowest BCUT2D eigenvalue weighted by molar-refractivity contribution is -0.141. The molecule has 0 saturated heterocycles. The molecule has 1 aromatic carbocycles. The van der Waals surface area contributed by atoms with E-state index in [0.717, 1.165) is 5.56 Å². The fourth-order valence-electron chi connectivity index (χ4n) is 1.37. The largest absolute Gasteiger partial charge is 0.494 e. The maximum atomic E-state index is 13.1. The molecule has 3 nitrogen and oxygen atoms in total. The summed E-state index contributed by atoms with van der Waals surface area (Å²) in [6.45, 7) is 1.66. The molecule has 1 N–H and O–H groups in total. The summed E-state index contributed by atoms with van der Waals surface area (Å²) >= 11 is 0. The molecule has 0 saturated carbocycles. The van der Waals surface area contributed by atoms with Crippen molar-refractivity contribution in [2.24, 2.45) is 5.92 Å². The van der Waals surface area contributed by atoms with E-state index in [0.29, 0.717) is 12.8 Å². The topological polar surface area (TPSA) is 46.5 Å². The van der Waals surface area contributed by atoms with E-state index in [2.05, 4.69) is 0 Å². The van der Waals surface area contributed by atoms with Crippen LogP contribution in [-0.4, -0.2) is 18.2 Å². The third-order valence-electron chi connectivity index (χ3n) is 2.50. The predicted molar refractivity (Wildman–Crippen MR) is 58.1 cm³/mol. The number of carboxylic acids is 1. The highest BCUT2D eigenvalue weighted by molar-refractivity contribution is 5.69. The van der Waals surface area contributed by atoms with E-state index >= 15 is 0 Å². The summed E-state index contributed by atoms with van der Waals surface area (Å²) in [5.41, 5.74) is 0.881. The third kappa shape index (κ3) is 3.22. The Morgan fingerprint density at radius 2 is 2.25 bits per heavy atom. The van der Waals surface area contributed by atoms with E-state index in [1.165, 1.54) is 13.2 Å². The molecule has 88 valence electrons. The quantitative estimate of drug-likeness (QED) is 0.839. The van der Waals surface area contributed by atoms with E-state index in [4.69, 9.17) is 9.84 Å². The van der Waals surface area contributed by atoms with Crippen LogP contribution in [0.2, 0.25) is 0 Å². The minimum absolute atomic E-state index is 0.195. The zero-order valence-electron chi connectivity index (χ0n) is 9.37. The number of rotatable bonds is 5. The van der Waals surface area contributed by atoms with Gasteiger partial charge in [0.1, 0.15) is 0 Å². The lowest BCUT2D eigenvalue weighted by Crippen LogP contribution is -2.10. The Morgan fingerprint density at radius 3 is 2.81 bits per heavy atom. The normalized spacial score (nSPS) is 12.2. The van der Waals surface area contributed by atoms with Crippen LogP contribution in [-0.2, 0) is 11.2 Å². The number of hydrogen-bond donors (Lipinski definition) is 1. The van der Waals surface area contributed by atoms with Gasteiger partial charge >= 0.3 is 5.97 Å². The highest BCUT2D eigenvalue weighted by Crippen LogP contribution is 2.20. The highest BCUT2D eigenvalue weighted by Gasteiger charge is 2.11. The molecule has 0 radical (unpaired) electrons. The van der Waals surface area contributed by atoms with Crippen LogP contribution in [0.3, 0.4) is 0 Å². The average molecular weight is 226 g/mol. The van der Waals surface area contributed by atoms with Crippen molar-refractivity contribution in [3.63, 3.8) is 0 Å². The number of benzene rings is 1. The SMILES string of the molecule is COc1cc(CCC(C)C(=O)O)ccc1F. The monoisotopic (exact) mass is 226 g/mol. The zero-order valence-corrected chi connectivity index (χ0v) is 9.37. The van der Waals surface area contributed by atoms with E-state index in [1.54, 1.807) is 19.1 Å². The first-order chi connectivity index (χ1) is 7.54. The van der Waals surface area contributed by atoms with Gasteiger partial charge in [-0.3, -0.25) is 4.79 Å². The summed E-state index contributed by atoms with van der Waals surface area (Å²) in [5, 5.41) is 8.72. The molecule has 1 atom stereocenters. The number of aryl methyl sites for hydroxylation is 1. The third-order valence-corrected chi connectivity index (χ3v) is 2.50. The maximum absolute atomic E-state index is 13.1. The van der Waals surface area contributed by atoms with E-state index in [-0.39, 0.29) is 5.75 Å². The van der Waals surface area contributed by atoms with Gasteiger partial charge in [-0.1, -0.05) is 13.0 Å². The second-order valence-electron chi connectivity index (χ2n) is 3.75. The van der Waals surface area contributed by atoms with Crippen LogP contribution in [0.4, 0.5) is 4.39 Å². The second kappa shape index (κ2) is 5.49.